The van der Waals surface area contributed by atoms with Crippen LogP contribution in [0, 0.1) is 0 Å². The van der Waals surface area contributed by atoms with Crippen LogP contribution in [0.3, 0.4) is 0 Å². The summed E-state index contributed by atoms with van der Waals surface area (Å²) in [5.74, 6) is -1.62. The second-order valence-corrected chi connectivity index (χ2v) is 5.52. The molecule has 2 rings (SSSR count). The fraction of sp³-hybridized carbons (Fsp3) is 0.333. The summed E-state index contributed by atoms with van der Waals surface area (Å²) >= 11 is 5.95. The van der Waals surface area contributed by atoms with Gasteiger partial charge < -0.3 is 9.84 Å². The van der Waals surface area contributed by atoms with Crippen molar-refractivity contribution in [1.82, 2.24) is 0 Å². The molecule has 0 saturated carbocycles. The minimum atomic E-state index is -0.950. The highest BCUT2D eigenvalue weighted by atomic mass is 35.5. The summed E-state index contributed by atoms with van der Waals surface area (Å²) in [5.41, 5.74) is -0.219. The Morgan fingerprint density at radius 1 is 1.40 bits per heavy atom. The highest BCUT2D eigenvalue weighted by Crippen LogP contribution is 2.40. The monoisotopic (exact) mass is 294 g/mol. The van der Waals surface area contributed by atoms with Gasteiger partial charge in [-0.15, -0.1) is 0 Å². The van der Waals surface area contributed by atoms with Crippen LogP contribution in [0.25, 0.3) is 5.76 Å². The topological polar surface area (TPSA) is 63.6 Å². The Hall–Kier alpha value is -1.81. The summed E-state index contributed by atoms with van der Waals surface area (Å²) in [4.78, 5) is 24.4. The van der Waals surface area contributed by atoms with E-state index in [0.717, 1.165) is 0 Å². The molecule has 0 heterocycles. The third-order valence-electron chi connectivity index (χ3n) is 3.42. The van der Waals surface area contributed by atoms with Crippen LogP contribution >= 0.6 is 11.6 Å². The summed E-state index contributed by atoms with van der Waals surface area (Å²) < 4.78 is 4.85. The fourth-order valence-electron chi connectivity index (χ4n) is 2.31. The van der Waals surface area contributed by atoms with Crippen molar-refractivity contribution < 1.29 is 19.4 Å². The molecule has 0 atom stereocenters. The summed E-state index contributed by atoms with van der Waals surface area (Å²) in [6, 6.07) is 4.83. The number of carbonyl (C=O) groups is 2. The van der Waals surface area contributed by atoms with Gasteiger partial charge in [0.15, 0.2) is 5.78 Å². The number of ketones is 1. The lowest BCUT2D eigenvalue weighted by atomic mass is 9.71. The first kappa shape index (κ1) is 14.6. The molecule has 1 aromatic rings. The Kier molecular flexibility index (Phi) is 3.61. The fourth-order valence-corrected chi connectivity index (χ4v) is 2.48. The van der Waals surface area contributed by atoms with Crippen molar-refractivity contribution >= 4 is 29.1 Å². The van der Waals surface area contributed by atoms with Crippen LogP contribution in [0.2, 0.25) is 5.02 Å². The van der Waals surface area contributed by atoms with Gasteiger partial charge >= 0.3 is 5.97 Å². The van der Waals surface area contributed by atoms with Crippen molar-refractivity contribution in [3.8, 4) is 0 Å². The normalized spacial score (nSPS) is 16.9. The molecular formula is C15H15ClO4. The number of aliphatic hydroxyl groups is 1. The molecule has 0 saturated heterocycles. The maximum Gasteiger partial charge on any atom is 0.345 e. The van der Waals surface area contributed by atoms with E-state index >= 15 is 0 Å². The van der Waals surface area contributed by atoms with E-state index in [4.69, 9.17) is 16.3 Å². The van der Waals surface area contributed by atoms with Gasteiger partial charge in [-0.1, -0.05) is 11.6 Å². The maximum absolute atomic E-state index is 12.5. The second kappa shape index (κ2) is 4.94. The van der Waals surface area contributed by atoms with E-state index in [1.165, 1.54) is 0 Å². The number of Topliss-reactive ketones (excluding diaryl/α,β-unsaturated/α-hetero) is 1. The average molecular weight is 295 g/mol. The Morgan fingerprint density at radius 3 is 2.65 bits per heavy atom. The SMILES string of the molecule is CCOC(=O)C1=C(O)c2ccc(Cl)cc2C(C)(C)C1=O. The molecule has 1 aliphatic carbocycles. The Balaban J connectivity index is 2.70. The van der Waals surface area contributed by atoms with Gasteiger partial charge in [0.25, 0.3) is 0 Å². The van der Waals surface area contributed by atoms with Crippen LogP contribution in [0.5, 0.6) is 0 Å². The molecule has 1 aromatic carbocycles. The second-order valence-electron chi connectivity index (χ2n) is 5.09. The van der Waals surface area contributed by atoms with E-state index in [0.29, 0.717) is 16.1 Å². The number of hydrogen-bond acceptors (Lipinski definition) is 4. The quantitative estimate of drug-likeness (QED) is 0.672. The minimum Gasteiger partial charge on any atom is -0.506 e. The van der Waals surface area contributed by atoms with Crippen molar-refractivity contribution in [2.45, 2.75) is 26.2 Å². The minimum absolute atomic E-state index is 0.136. The number of ether oxygens (including phenoxy) is 1. The number of hydrogen-bond donors (Lipinski definition) is 1. The predicted molar refractivity (Wildman–Crippen MR) is 75.7 cm³/mol. The smallest absolute Gasteiger partial charge is 0.345 e. The lowest BCUT2D eigenvalue weighted by molar-refractivity contribution is -0.140. The molecule has 0 unspecified atom stereocenters. The van der Waals surface area contributed by atoms with Crippen molar-refractivity contribution in [1.29, 1.82) is 0 Å². The lowest BCUT2D eigenvalue weighted by Gasteiger charge is -2.31. The van der Waals surface area contributed by atoms with E-state index in [1.807, 2.05) is 0 Å². The van der Waals surface area contributed by atoms with E-state index in [-0.39, 0.29) is 17.9 Å². The number of esters is 1. The molecule has 0 amide bonds. The average Bonchev–Trinajstić information content (AvgIpc) is 2.37. The number of aliphatic hydroxyl groups excluding tert-OH is 1. The van der Waals surface area contributed by atoms with E-state index in [2.05, 4.69) is 0 Å². The van der Waals surface area contributed by atoms with Gasteiger partial charge in [-0.3, -0.25) is 4.79 Å². The summed E-state index contributed by atoms with van der Waals surface area (Å²) in [6.45, 7) is 5.16. The largest absolute Gasteiger partial charge is 0.506 e. The molecule has 1 aliphatic rings. The molecule has 20 heavy (non-hydrogen) atoms. The molecule has 1 N–H and O–H groups in total. The summed E-state index contributed by atoms with van der Waals surface area (Å²) in [5, 5.41) is 10.7. The molecule has 5 heteroatoms. The van der Waals surface area contributed by atoms with E-state index in [1.54, 1.807) is 39.0 Å². The van der Waals surface area contributed by atoms with Crippen molar-refractivity contribution in [2.75, 3.05) is 6.61 Å². The molecule has 4 nitrogen and oxygen atoms in total. The predicted octanol–water partition coefficient (Wildman–Crippen LogP) is 3.03. The molecule has 106 valence electrons. The third kappa shape index (κ3) is 2.10. The maximum atomic E-state index is 12.5. The molecule has 0 aromatic heterocycles. The lowest BCUT2D eigenvalue weighted by Crippen LogP contribution is -2.38. The molecule has 0 radical (unpaired) electrons. The van der Waals surface area contributed by atoms with Gasteiger partial charge in [0.2, 0.25) is 0 Å². The number of halogens is 1. The van der Waals surface area contributed by atoms with Gasteiger partial charge in [0, 0.05) is 10.6 Å². The first-order chi connectivity index (χ1) is 9.30. The van der Waals surface area contributed by atoms with Crippen molar-refractivity contribution in [3.63, 3.8) is 0 Å². The van der Waals surface area contributed by atoms with Crippen molar-refractivity contribution in [3.05, 3.63) is 39.9 Å². The molecule has 0 spiro atoms. The van der Waals surface area contributed by atoms with Gasteiger partial charge in [0.05, 0.1) is 12.0 Å². The van der Waals surface area contributed by atoms with Gasteiger partial charge in [0.1, 0.15) is 11.3 Å². The molecular weight excluding hydrogens is 280 g/mol. The van der Waals surface area contributed by atoms with Crippen LogP contribution in [0.4, 0.5) is 0 Å². The van der Waals surface area contributed by atoms with Crippen LogP contribution < -0.4 is 0 Å². The Labute approximate surface area is 122 Å². The molecule has 0 bridgehead atoms. The molecule has 0 fully saturated rings. The highest BCUT2D eigenvalue weighted by Gasteiger charge is 2.43. The van der Waals surface area contributed by atoms with Crippen LogP contribution in [0.15, 0.2) is 23.8 Å². The zero-order valence-corrected chi connectivity index (χ0v) is 12.2. The number of rotatable bonds is 2. The van der Waals surface area contributed by atoms with Crippen LogP contribution in [0.1, 0.15) is 31.9 Å². The van der Waals surface area contributed by atoms with Crippen LogP contribution in [-0.2, 0) is 19.7 Å². The standard InChI is InChI=1S/C15H15ClO4/c1-4-20-14(19)11-12(17)9-6-5-8(16)7-10(9)15(2,3)13(11)18/h5-7,17H,4H2,1-3H3. The van der Waals surface area contributed by atoms with E-state index < -0.39 is 17.2 Å². The summed E-state index contributed by atoms with van der Waals surface area (Å²) in [7, 11) is 0. The first-order valence-corrected chi connectivity index (χ1v) is 6.64. The number of carbonyl (C=O) groups excluding carboxylic acids is 2. The zero-order valence-electron chi connectivity index (χ0n) is 11.5. The van der Waals surface area contributed by atoms with Gasteiger partial charge in [-0.25, -0.2) is 4.79 Å². The van der Waals surface area contributed by atoms with Gasteiger partial charge in [-0.05, 0) is 44.5 Å². The number of benzene rings is 1. The third-order valence-corrected chi connectivity index (χ3v) is 3.66. The zero-order chi connectivity index (χ0) is 15.1. The Morgan fingerprint density at radius 2 is 2.05 bits per heavy atom. The van der Waals surface area contributed by atoms with Crippen molar-refractivity contribution in [2.24, 2.45) is 0 Å². The Bertz CT molecular complexity index is 629. The number of fused-ring (bicyclic) bond motifs is 1. The van der Waals surface area contributed by atoms with E-state index in [9.17, 15) is 14.7 Å². The first-order valence-electron chi connectivity index (χ1n) is 6.26. The van der Waals surface area contributed by atoms with Crippen LogP contribution in [-0.4, -0.2) is 23.5 Å². The highest BCUT2D eigenvalue weighted by molar-refractivity contribution is 6.31. The summed E-state index contributed by atoms with van der Waals surface area (Å²) in [6.07, 6.45) is 0. The molecule has 0 aliphatic heterocycles. The van der Waals surface area contributed by atoms with Gasteiger partial charge in [-0.2, -0.15) is 0 Å².